The Labute approximate surface area is 187 Å². The van der Waals surface area contributed by atoms with E-state index in [-0.39, 0.29) is 11.3 Å². The van der Waals surface area contributed by atoms with Crippen molar-refractivity contribution >= 4 is 11.9 Å². The summed E-state index contributed by atoms with van der Waals surface area (Å²) in [6.45, 7) is 4.36. The van der Waals surface area contributed by atoms with Crippen LogP contribution in [0.25, 0.3) is 11.1 Å². The van der Waals surface area contributed by atoms with Crippen molar-refractivity contribution in [2.45, 2.75) is 52.2 Å². The van der Waals surface area contributed by atoms with Gasteiger partial charge in [0.1, 0.15) is 17.2 Å². The highest BCUT2D eigenvalue weighted by atomic mass is 16.4. The molecule has 0 bridgehead atoms. The Balaban J connectivity index is 1.98. The summed E-state index contributed by atoms with van der Waals surface area (Å²) < 4.78 is 1.79. The summed E-state index contributed by atoms with van der Waals surface area (Å²) in [6.07, 6.45) is 1.91. The number of hydrogen-bond acceptors (Lipinski definition) is 4. The predicted molar refractivity (Wildman–Crippen MR) is 123 cm³/mol. The lowest BCUT2D eigenvalue weighted by Crippen LogP contribution is -2.21. The van der Waals surface area contributed by atoms with Gasteiger partial charge in [-0.15, -0.1) is 0 Å². The zero-order valence-corrected chi connectivity index (χ0v) is 18.4. The van der Waals surface area contributed by atoms with Crippen molar-refractivity contribution in [3.63, 3.8) is 0 Å². The molecule has 0 saturated heterocycles. The molecule has 32 heavy (non-hydrogen) atoms. The molecule has 1 amide bonds. The number of carboxylic acid groups (broad SMARTS) is 1. The van der Waals surface area contributed by atoms with Crippen molar-refractivity contribution in [2.24, 2.45) is 5.73 Å². The third-order valence-electron chi connectivity index (χ3n) is 5.42. The third-order valence-corrected chi connectivity index (χ3v) is 5.42. The minimum atomic E-state index is -0.975. The van der Waals surface area contributed by atoms with Crippen molar-refractivity contribution in [1.82, 2.24) is 9.55 Å². The van der Waals surface area contributed by atoms with Crippen LogP contribution in [0.15, 0.2) is 48.5 Å². The number of aryl methyl sites for hydroxylation is 1. The Morgan fingerprint density at radius 2 is 1.75 bits per heavy atom. The second-order valence-corrected chi connectivity index (χ2v) is 7.81. The normalized spacial score (nSPS) is 12.0. The second kappa shape index (κ2) is 10.2. The van der Waals surface area contributed by atoms with E-state index in [9.17, 15) is 19.8 Å². The first kappa shape index (κ1) is 23.2. The number of aromatic nitrogens is 2. The first-order valence-corrected chi connectivity index (χ1v) is 10.9. The fourth-order valence-electron chi connectivity index (χ4n) is 3.90. The van der Waals surface area contributed by atoms with Crippen LogP contribution in [0.1, 0.15) is 77.1 Å². The summed E-state index contributed by atoms with van der Waals surface area (Å²) in [4.78, 5) is 28.4. The van der Waals surface area contributed by atoms with Gasteiger partial charge in [-0.3, -0.25) is 4.79 Å². The largest absolute Gasteiger partial charge is 0.478 e. The number of rotatable bonds is 10. The number of benzene rings is 2. The SMILES string of the molecule is CCCc1nc(C(O)CCC)c(C(N)=O)n1Cc1ccc(-c2ccccc2C(=O)O)cc1. The van der Waals surface area contributed by atoms with Crippen LogP contribution in [-0.2, 0) is 13.0 Å². The van der Waals surface area contributed by atoms with Crippen molar-refractivity contribution in [3.05, 3.63) is 76.9 Å². The smallest absolute Gasteiger partial charge is 0.336 e. The quantitative estimate of drug-likeness (QED) is 0.441. The van der Waals surface area contributed by atoms with Crippen LogP contribution in [0.3, 0.4) is 0 Å². The maximum absolute atomic E-state index is 12.3. The lowest BCUT2D eigenvalue weighted by Gasteiger charge is -2.13. The number of carbonyl (C=O) groups excluding carboxylic acids is 1. The van der Waals surface area contributed by atoms with E-state index >= 15 is 0 Å². The molecular weight excluding hydrogens is 406 g/mol. The Morgan fingerprint density at radius 1 is 1.06 bits per heavy atom. The predicted octanol–water partition coefficient (Wildman–Crippen LogP) is 4.18. The maximum Gasteiger partial charge on any atom is 0.336 e. The average Bonchev–Trinajstić information content (AvgIpc) is 3.13. The molecule has 0 aliphatic carbocycles. The Kier molecular flexibility index (Phi) is 7.43. The van der Waals surface area contributed by atoms with Crippen molar-refractivity contribution in [1.29, 1.82) is 0 Å². The molecule has 168 valence electrons. The number of aliphatic hydroxyl groups is 1. The highest BCUT2D eigenvalue weighted by molar-refractivity contribution is 5.96. The number of aromatic carboxylic acids is 1. The molecule has 1 atom stereocenters. The molecule has 1 unspecified atom stereocenters. The van der Waals surface area contributed by atoms with Crippen LogP contribution in [0, 0.1) is 0 Å². The molecule has 2 aromatic carbocycles. The van der Waals surface area contributed by atoms with Gasteiger partial charge in [-0.2, -0.15) is 0 Å². The highest BCUT2D eigenvalue weighted by Gasteiger charge is 2.25. The summed E-state index contributed by atoms with van der Waals surface area (Å²) in [5, 5.41) is 20.0. The first-order valence-electron chi connectivity index (χ1n) is 10.9. The van der Waals surface area contributed by atoms with Gasteiger partial charge in [-0.05, 0) is 35.6 Å². The van der Waals surface area contributed by atoms with E-state index in [1.807, 2.05) is 38.1 Å². The number of imidazole rings is 1. The van der Waals surface area contributed by atoms with Gasteiger partial charge in [0, 0.05) is 13.0 Å². The van der Waals surface area contributed by atoms with Gasteiger partial charge in [0.15, 0.2) is 0 Å². The third kappa shape index (κ3) is 4.89. The minimum Gasteiger partial charge on any atom is -0.478 e. The van der Waals surface area contributed by atoms with E-state index in [1.165, 1.54) is 0 Å². The molecule has 0 saturated carbocycles. The lowest BCUT2D eigenvalue weighted by molar-refractivity contribution is 0.0697. The Morgan fingerprint density at radius 3 is 2.34 bits per heavy atom. The number of amides is 1. The van der Waals surface area contributed by atoms with Crippen LogP contribution in [0.4, 0.5) is 0 Å². The first-order chi connectivity index (χ1) is 15.4. The number of nitrogens with zero attached hydrogens (tertiary/aromatic N) is 2. The summed E-state index contributed by atoms with van der Waals surface area (Å²) in [7, 11) is 0. The zero-order chi connectivity index (χ0) is 23.3. The monoisotopic (exact) mass is 435 g/mol. The fraction of sp³-hybridized carbons (Fsp3) is 0.320. The number of aliphatic hydroxyl groups excluding tert-OH is 1. The van der Waals surface area contributed by atoms with E-state index in [0.717, 1.165) is 24.0 Å². The molecule has 0 radical (unpaired) electrons. The van der Waals surface area contributed by atoms with E-state index in [1.54, 1.807) is 28.8 Å². The van der Waals surface area contributed by atoms with E-state index in [4.69, 9.17) is 5.73 Å². The number of carboxylic acids is 1. The molecule has 3 aromatic rings. The molecule has 0 spiro atoms. The lowest BCUT2D eigenvalue weighted by atomic mass is 9.98. The highest BCUT2D eigenvalue weighted by Crippen LogP contribution is 2.27. The molecular formula is C25H29N3O4. The number of hydrogen-bond donors (Lipinski definition) is 3. The Hall–Kier alpha value is -3.45. The van der Waals surface area contributed by atoms with E-state index in [0.29, 0.717) is 36.5 Å². The molecule has 0 aliphatic rings. The average molecular weight is 436 g/mol. The van der Waals surface area contributed by atoms with Crippen molar-refractivity contribution < 1.29 is 19.8 Å². The molecule has 1 heterocycles. The molecule has 0 aliphatic heterocycles. The van der Waals surface area contributed by atoms with Gasteiger partial charge >= 0.3 is 5.97 Å². The van der Waals surface area contributed by atoms with Crippen LogP contribution in [0.5, 0.6) is 0 Å². The molecule has 7 nitrogen and oxygen atoms in total. The van der Waals surface area contributed by atoms with Gasteiger partial charge in [-0.1, -0.05) is 62.7 Å². The summed E-state index contributed by atoms with van der Waals surface area (Å²) in [6, 6.07) is 14.4. The second-order valence-electron chi connectivity index (χ2n) is 7.81. The van der Waals surface area contributed by atoms with Crippen LogP contribution in [-0.4, -0.2) is 31.6 Å². The molecule has 7 heteroatoms. The molecule has 0 fully saturated rings. The standard InChI is InChI=1S/C25H29N3O4/c1-3-7-20(29)22-23(24(26)30)28(21(27-22)8-4-2)15-16-11-13-17(14-12-16)18-9-5-6-10-19(18)25(31)32/h5-6,9-14,20,29H,3-4,7-8,15H2,1-2H3,(H2,26,30)(H,31,32). The summed E-state index contributed by atoms with van der Waals surface area (Å²) in [5.41, 5.74) is 8.87. The van der Waals surface area contributed by atoms with E-state index < -0.39 is 18.0 Å². The summed E-state index contributed by atoms with van der Waals surface area (Å²) in [5.74, 6) is -0.875. The van der Waals surface area contributed by atoms with Gasteiger partial charge in [0.2, 0.25) is 0 Å². The Bertz CT molecular complexity index is 1100. The minimum absolute atomic E-state index is 0.241. The van der Waals surface area contributed by atoms with Crippen LogP contribution < -0.4 is 5.73 Å². The zero-order valence-electron chi connectivity index (χ0n) is 18.4. The maximum atomic E-state index is 12.3. The van der Waals surface area contributed by atoms with Gasteiger partial charge in [-0.25, -0.2) is 9.78 Å². The van der Waals surface area contributed by atoms with Gasteiger partial charge < -0.3 is 20.5 Å². The van der Waals surface area contributed by atoms with Gasteiger partial charge in [0.25, 0.3) is 5.91 Å². The number of primary amides is 1. The number of nitrogens with two attached hydrogens (primary N) is 1. The number of carbonyl (C=O) groups is 2. The molecule has 3 rings (SSSR count). The van der Waals surface area contributed by atoms with Crippen molar-refractivity contribution in [2.75, 3.05) is 0 Å². The molecule has 1 aromatic heterocycles. The van der Waals surface area contributed by atoms with E-state index in [2.05, 4.69) is 4.98 Å². The van der Waals surface area contributed by atoms with Crippen molar-refractivity contribution in [3.8, 4) is 11.1 Å². The summed E-state index contributed by atoms with van der Waals surface area (Å²) >= 11 is 0. The van der Waals surface area contributed by atoms with Crippen LogP contribution >= 0.6 is 0 Å². The van der Waals surface area contributed by atoms with Gasteiger partial charge in [0.05, 0.1) is 11.7 Å². The molecule has 4 N–H and O–H groups in total. The van der Waals surface area contributed by atoms with Crippen LogP contribution in [0.2, 0.25) is 0 Å². The fourth-order valence-corrected chi connectivity index (χ4v) is 3.90. The topological polar surface area (TPSA) is 118 Å².